The average Bonchev–Trinajstić information content (AvgIpc) is 3.39. The highest BCUT2D eigenvalue weighted by molar-refractivity contribution is 7.92. The fraction of sp³-hybridized carbons (Fsp3) is 0.533. The Balaban J connectivity index is 1.44. The Morgan fingerprint density at radius 2 is 1.52 bits per heavy atom. The van der Waals surface area contributed by atoms with Crippen LogP contribution in [0.15, 0.2) is 47.4 Å². The van der Waals surface area contributed by atoms with Gasteiger partial charge in [-0.1, -0.05) is 12.1 Å². The summed E-state index contributed by atoms with van der Waals surface area (Å²) in [6.45, 7) is 0.0597. The molecule has 42 heavy (non-hydrogen) atoms. The number of likely N-dealkylation sites (tertiary alicyclic amines) is 1. The normalized spacial score (nSPS) is 30.7. The van der Waals surface area contributed by atoms with E-state index in [1.165, 1.54) is 6.07 Å². The van der Waals surface area contributed by atoms with E-state index in [0.29, 0.717) is 38.5 Å². The number of halogens is 5. The summed E-state index contributed by atoms with van der Waals surface area (Å²) in [5, 5.41) is 9.77. The lowest BCUT2D eigenvalue weighted by Gasteiger charge is -2.52. The van der Waals surface area contributed by atoms with Crippen molar-refractivity contribution in [3.8, 4) is 0 Å². The van der Waals surface area contributed by atoms with Crippen LogP contribution in [0.3, 0.4) is 0 Å². The lowest BCUT2D eigenvalue weighted by molar-refractivity contribution is -0.167. The highest BCUT2D eigenvalue weighted by Gasteiger charge is 2.64. The number of carbonyl (C=O) groups is 2. The van der Waals surface area contributed by atoms with Crippen molar-refractivity contribution >= 4 is 21.7 Å². The van der Waals surface area contributed by atoms with Crippen molar-refractivity contribution in [1.29, 1.82) is 0 Å². The molecule has 6 nitrogen and oxygen atoms in total. The maximum Gasteiger partial charge on any atom is 0.332 e. The molecule has 2 bridgehead atoms. The second-order valence-corrected chi connectivity index (χ2v) is 14.5. The number of benzene rings is 2. The fourth-order valence-electron chi connectivity index (χ4n) is 8.06. The predicted molar refractivity (Wildman–Crippen MR) is 140 cm³/mol. The molecule has 1 amide bonds. The van der Waals surface area contributed by atoms with E-state index in [2.05, 4.69) is 0 Å². The zero-order valence-corrected chi connectivity index (χ0v) is 23.4. The van der Waals surface area contributed by atoms with Gasteiger partial charge in [-0.25, -0.2) is 21.6 Å². The van der Waals surface area contributed by atoms with Crippen molar-refractivity contribution in [1.82, 2.24) is 4.90 Å². The quantitative estimate of drug-likeness (QED) is 0.328. The number of fused-ring (bicyclic) bond motifs is 6. The van der Waals surface area contributed by atoms with Crippen molar-refractivity contribution < 1.29 is 45.1 Å². The summed E-state index contributed by atoms with van der Waals surface area (Å²) >= 11 is 0. The van der Waals surface area contributed by atoms with E-state index >= 15 is 0 Å². The third kappa shape index (κ3) is 3.89. The van der Waals surface area contributed by atoms with Crippen molar-refractivity contribution in [2.75, 3.05) is 6.54 Å². The smallest absolute Gasteiger partial charge is 0.332 e. The summed E-state index contributed by atoms with van der Waals surface area (Å²) in [6.07, 6.45) is -1.62. The number of nitrogens with zero attached hydrogens (tertiary/aromatic N) is 1. The number of hydrogen-bond donors (Lipinski definition) is 1. The number of hydrogen-bond acceptors (Lipinski definition) is 4. The maximum absolute atomic E-state index is 14.5. The summed E-state index contributed by atoms with van der Waals surface area (Å²) in [5.41, 5.74) is -2.19. The second-order valence-electron chi connectivity index (χ2n) is 12.3. The third-order valence-electron chi connectivity index (χ3n) is 10.6. The minimum absolute atomic E-state index is 0.0597. The summed E-state index contributed by atoms with van der Waals surface area (Å²) in [5.74, 6) is -6.18. The molecule has 2 aromatic carbocycles. The van der Waals surface area contributed by atoms with Crippen LogP contribution < -0.4 is 0 Å². The summed E-state index contributed by atoms with van der Waals surface area (Å²) < 4.78 is 95.9. The highest BCUT2D eigenvalue weighted by atomic mass is 32.2. The minimum Gasteiger partial charge on any atom is -0.481 e. The first kappa shape index (κ1) is 29.1. The van der Waals surface area contributed by atoms with Crippen molar-refractivity contribution in [2.45, 2.75) is 85.8 Å². The van der Waals surface area contributed by atoms with Gasteiger partial charge in [-0.15, -0.1) is 0 Å². The van der Waals surface area contributed by atoms with E-state index in [4.69, 9.17) is 0 Å². The van der Waals surface area contributed by atoms with Gasteiger partial charge in [0.25, 0.3) is 0 Å². The standard InChI is InChI=1S/C30H30F5NO5S/c31-20-3-5-21(6-4-20)42(40,41)29-15-16-36(25(37)27-9-12-28(13-10-27,14-11-27)26(38)39)23(29)8-1-18-17-19(2-7-22(18)29)30(34,35)24(32)33/h2-7,17,23-24H,1,8-16H2,(H,38,39). The molecule has 12 heteroatoms. The topological polar surface area (TPSA) is 91.8 Å². The summed E-state index contributed by atoms with van der Waals surface area (Å²) in [6, 6.07) is 6.32. The van der Waals surface area contributed by atoms with E-state index in [1.54, 1.807) is 4.90 Å². The van der Waals surface area contributed by atoms with Crippen molar-refractivity contribution in [3.05, 3.63) is 65.0 Å². The van der Waals surface area contributed by atoms with Gasteiger partial charge in [-0.05, 0) is 99.2 Å². The van der Waals surface area contributed by atoms with Gasteiger partial charge >= 0.3 is 18.3 Å². The molecule has 4 aliphatic carbocycles. The van der Waals surface area contributed by atoms with E-state index < -0.39 is 61.2 Å². The molecule has 2 aromatic rings. The summed E-state index contributed by atoms with van der Waals surface area (Å²) in [7, 11) is -4.36. The first-order valence-electron chi connectivity index (χ1n) is 14.0. The predicted octanol–water partition coefficient (Wildman–Crippen LogP) is 5.82. The largest absolute Gasteiger partial charge is 0.481 e. The van der Waals surface area contributed by atoms with Crippen molar-refractivity contribution in [2.24, 2.45) is 10.8 Å². The van der Waals surface area contributed by atoms with Gasteiger partial charge < -0.3 is 10.0 Å². The molecule has 0 aromatic heterocycles. The Labute approximate surface area is 239 Å². The van der Waals surface area contributed by atoms with Crippen molar-refractivity contribution in [3.63, 3.8) is 0 Å². The summed E-state index contributed by atoms with van der Waals surface area (Å²) in [4.78, 5) is 27.6. The maximum atomic E-state index is 14.5. The lowest BCUT2D eigenvalue weighted by Crippen LogP contribution is -2.57. The second kappa shape index (κ2) is 9.49. The van der Waals surface area contributed by atoms with E-state index in [0.717, 1.165) is 36.4 Å². The third-order valence-corrected chi connectivity index (χ3v) is 13.1. The van der Waals surface area contributed by atoms with Crippen LogP contribution in [0, 0.1) is 16.6 Å². The Hall–Kier alpha value is -3.02. The molecule has 5 aliphatic rings. The number of aryl methyl sites for hydroxylation is 1. The Bertz CT molecular complexity index is 1540. The molecule has 0 radical (unpaired) electrons. The molecular formula is C30H30F5NO5S. The van der Waals surface area contributed by atoms with Crippen LogP contribution in [0.25, 0.3) is 0 Å². The molecule has 1 saturated heterocycles. The van der Waals surface area contributed by atoms with Gasteiger partial charge in [0.1, 0.15) is 10.6 Å². The number of carboxylic acid groups (broad SMARTS) is 1. The van der Waals surface area contributed by atoms with Gasteiger partial charge in [0.15, 0.2) is 9.84 Å². The van der Waals surface area contributed by atoms with Gasteiger partial charge in [-0.2, -0.15) is 8.78 Å². The zero-order chi connectivity index (χ0) is 30.3. The van der Waals surface area contributed by atoms with Gasteiger partial charge in [0.05, 0.1) is 16.4 Å². The molecule has 226 valence electrons. The molecule has 1 aliphatic heterocycles. The van der Waals surface area contributed by atoms with Crippen LogP contribution in [-0.2, 0) is 36.5 Å². The number of amides is 1. The van der Waals surface area contributed by atoms with E-state index in [-0.39, 0.29) is 47.7 Å². The Morgan fingerprint density at radius 1 is 0.929 bits per heavy atom. The van der Waals surface area contributed by atoms with Crippen LogP contribution in [-0.4, -0.2) is 49.3 Å². The molecule has 2 atom stereocenters. The molecule has 3 saturated carbocycles. The number of rotatable bonds is 6. The Kier molecular flexibility index (Phi) is 6.57. The number of alkyl halides is 4. The first-order chi connectivity index (χ1) is 19.7. The molecular weight excluding hydrogens is 581 g/mol. The van der Waals surface area contributed by atoms with Crippen LogP contribution >= 0.6 is 0 Å². The first-order valence-corrected chi connectivity index (χ1v) is 15.5. The lowest BCUT2D eigenvalue weighted by atomic mass is 9.53. The molecule has 1 N–H and O–H groups in total. The van der Waals surface area contributed by atoms with Gasteiger partial charge in [-0.3, -0.25) is 9.59 Å². The van der Waals surface area contributed by atoms with E-state index in [9.17, 15) is 45.1 Å². The minimum atomic E-state index is -4.43. The van der Waals surface area contributed by atoms with E-state index in [1.807, 2.05) is 0 Å². The zero-order valence-electron chi connectivity index (χ0n) is 22.6. The monoisotopic (exact) mass is 611 g/mol. The number of aliphatic carboxylic acids is 1. The van der Waals surface area contributed by atoms with Gasteiger partial charge in [0, 0.05) is 17.5 Å². The number of carbonyl (C=O) groups excluding carboxylic acids is 1. The van der Waals surface area contributed by atoms with Crippen LogP contribution in [0.1, 0.15) is 68.1 Å². The Morgan fingerprint density at radius 3 is 2.10 bits per heavy atom. The molecule has 1 heterocycles. The molecule has 4 fully saturated rings. The number of carboxylic acids is 1. The van der Waals surface area contributed by atoms with Crippen LogP contribution in [0.2, 0.25) is 0 Å². The molecule has 2 unspecified atom stereocenters. The van der Waals surface area contributed by atoms with Crippen LogP contribution in [0.4, 0.5) is 22.0 Å². The van der Waals surface area contributed by atoms with Crippen LogP contribution in [0.5, 0.6) is 0 Å². The fourth-order valence-corrected chi connectivity index (χ4v) is 10.4. The van der Waals surface area contributed by atoms with Gasteiger partial charge in [0.2, 0.25) is 5.91 Å². The molecule has 7 rings (SSSR count). The highest BCUT2D eigenvalue weighted by Crippen LogP contribution is 2.60. The SMILES string of the molecule is O=C(O)C12CCC(C(=O)N3CCC4(S(=O)(=O)c5ccc(F)cc5)c5ccc(C(F)(F)C(F)F)cc5CCC34)(CC1)CC2. The molecule has 0 spiro atoms. The average molecular weight is 612 g/mol. The number of sulfone groups is 1.